The number of benzene rings is 2. The number of nitrogens with one attached hydrogen (secondary N) is 1. The molecule has 3 heterocycles. The molecule has 2 amide bonds. The van der Waals surface area contributed by atoms with E-state index in [4.69, 9.17) is 0 Å². The Morgan fingerprint density at radius 2 is 1.78 bits per heavy atom. The molecule has 2 saturated heterocycles. The maximum absolute atomic E-state index is 13.5. The predicted octanol–water partition coefficient (Wildman–Crippen LogP) is 2.62. The van der Waals surface area contributed by atoms with Gasteiger partial charge in [-0.3, -0.25) is 24.3 Å². The molecule has 0 saturated carbocycles. The summed E-state index contributed by atoms with van der Waals surface area (Å²) >= 11 is 0.729. The van der Waals surface area contributed by atoms with E-state index in [2.05, 4.69) is 20.5 Å². The standard InChI is InChI=1S/C25H17N5O5S/c31-18-11-5-4-10-17(18)30-22(34)21(33)19(20(32)16-8-2-1-3-9-16)25(30)23(35)28-24(36-25)29-27-14-15-7-6-12-26-13-15/h1-14,31-32H,(H,28,29,35)/b20-19-,27-14?. The summed E-state index contributed by atoms with van der Waals surface area (Å²) in [6, 6.07) is 17.4. The summed E-state index contributed by atoms with van der Waals surface area (Å²) in [5, 5.41) is 32.2. The van der Waals surface area contributed by atoms with Crippen molar-refractivity contribution in [3.63, 3.8) is 0 Å². The van der Waals surface area contributed by atoms with Crippen LogP contribution in [0.4, 0.5) is 5.69 Å². The molecule has 1 atom stereocenters. The number of ketones is 1. The van der Waals surface area contributed by atoms with Crippen molar-refractivity contribution in [2.45, 2.75) is 4.87 Å². The molecule has 0 aliphatic carbocycles. The van der Waals surface area contributed by atoms with Crippen molar-refractivity contribution >= 4 is 52.2 Å². The van der Waals surface area contributed by atoms with Crippen LogP contribution in [-0.2, 0) is 14.4 Å². The molecule has 1 aromatic heterocycles. The van der Waals surface area contributed by atoms with Crippen molar-refractivity contribution in [3.8, 4) is 5.75 Å². The van der Waals surface area contributed by atoms with E-state index in [-0.39, 0.29) is 22.2 Å². The highest BCUT2D eigenvalue weighted by atomic mass is 32.2. The van der Waals surface area contributed by atoms with Crippen LogP contribution in [0.3, 0.4) is 0 Å². The Hall–Kier alpha value is -4.77. The van der Waals surface area contributed by atoms with E-state index in [1.807, 2.05) is 0 Å². The first-order valence-corrected chi connectivity index (χ1v) is 11.4. The SMILES string of the molecule is O=C1C(=O)N(c2ccccc2O)C2(SC(=NN=Cc3cccnc3)NC2=O)/C1=C(\O)c1ccccc1. The van der Waals surface area contributed by atoms with Gasteiger partial charge in [-0.2, -0.15) is 5.10 Å². The molecule has 2 aliphatic rings. The number of aliphatic hydroxyl groups is 1. The Kier molecular flexibility index (Phi) is 5.82. The number of phenols is 1. The van der Waals surface area contributed by atoms with Gasteiger partial charge in [-0.25, -0.2) is 0 Å². The number of carbonyl (C=O) groups excluding carboxylic acids is 3. The summed E-state index contributed by atoms with van der Waals surface area (Å²) in [7, 11) is 0. The average molecular weight is 500 g/mol. The molecule has 2 fully saturated rings. The van der Waals surface area contributed by atoms with Crippen molar-refractivity contribution in [3.05, 3.63) is 95.8 Å². The average Bonchev–Trinajstić information content (AvgIpc) is 3.32. The zero-order chi connectivity index (χ0) is 25.3. The topological polar surface area (TPSA) is 145 Å². The number of carbonyl (C=O) groups is 3. The van der Waals surface area contributed by atoms with Crippen LogP contribution < -0.4 is 10.2 Å². The molecule has 3 aromatic rings. The van der Waals surface area contributed by atoms with E-state index in [0.29, 0.717) is 5.56 Å². The third kappa shape index (κ3) is 3.71. The van der Waals surface area contributed by atoms with Gasteiger partial charge < -0.3 is 15.5 Å². The second kappa shape index (κ2) is 9.12. The lowest BCUT2D eigenvalue weighted by Gasteiger charge is -2.31. The number of hydrogen-bond acceptors (Lipinski definition) is 9. The predicted molar refractivity (Wildman–Crippen MR) is 134 cm³/mol. The fraction of sp³-hybridized carbons (Fsp3) is 0.0400. The number of nitrogens with zero attached hydrogens (tertiary/aromatic N) is 4. The molecule has 11 heteroatoms. The molecule has 10 nitrogen and oxygen atoms in total. The van der Waals surface area contributed by atoms with Gasteiger partial charge in [0.25, 0.3) is 11.7 Å². The lowest BCUT2D eigenvalue weighted by molar-refractivity contribution is -0.132. The Morgan fingerprint density at radius 1 is 1.03 bits per heavy atom. The van der Waals surface area contributed by atoms with Crippen LogP contribution in [-0.4, -0.2) is 49.0 Å². The number of rotatable bonds is 4. The number of para-hydroxylation sites is 2. The normalized spacial score (nSPS) is 22.2. The van der Waals surface area contributed by atoms with E-state index in [9.17, 15) is 24.6 Å². The molecule has 2 aliphatic heterocycles. The van der Waals surface area contributed by atoms with Gasteiger partial charge in [-0.1, -0.05) is 48.5 Å². The Bertz CT molecular complexity index is 1470. The van der Waals surface area contributed by atoms with Crippen LogP contribution in [0, 0.1) is 0 Å². The number of aromatic nitrogens is 1. The van der Waals surface area contributed by atoms with E-state index in [1.165, 1.54) is 24.4 Å². The van der Waals surface area contributed by atoms with E-state index in [1.54, 1.807) is 60.9 Å². The maximum atomic E-state index is 13.5. The summed E-state index contributed by atoms with van der Waals surface area (Å²) in [4.78, 5) is 42.8. The third-order valence-electron chi connectivity index (χ3n) is 5.50. The molecule has 5 rings (SSSR count). The molecule has 0 radical (unpaired) electrons. The van der Waals surface area contributed by atoms with Crippen LogP contribution in [0.5, 0.6) is 5.75 Å². The summed E-state index contributed by atoms with van der Waals surface area (Å²) in [6.07, 6.45) is 4.59. The highest BCUT2D eigenvalue weighted by molar-refractivity contribution is 8.16. The van der Waals surface area contributed by atoms with Gasteiger partial charge in [0.1, 0.15) is 11.5 Å². The van der Waals surface area contributed by atoms with Crippen molar-refractivity contribution in [2.75, 3.05) is 4.90 Å². The summed E-state index contributed by atoms with van der Waals surface area (Å²) in [5.74, 6) is -3.83. The minimum absolute atomic E-state index is 0.0126. The molecule has 36 heavy (non-hydrogen) atoms. The van der Waals surface area contributed by atoms with Crippen molar-refractivity contribution in [2.24, 2.45) is 10.2 Å². The number of aliphatic hydroxyl groups excluding tert-OH is 1. The summed E-state index contributed by atoms with van der Waals surface area (Å²) in [6.45, 7) is 0. The number of anilines is 1. The number of thioether (sulfide) groups is 1. The quantitative estimate of drug-likeness (QED) is 0.165. The fourth-order valence-electron chi connectivity index (χ4n) is 3.91. The number of hydrogen-bond donors (Lipinski definition) is 3. The molecular formula is C25H17N5O5S. The molecule has 2 aromatic carbocycles. The highest BCUT2D eigenvalue weighted by Gasteiger charge is 2.66. The first-order valence-electron chi connectivity index (χ1n) is 10.6. The van der Waals surface area contributed by atoms with Crippen molar-refractivity contribution in [1.82, 2.24) is 10.3 Å². The van der Waals surface area contributed by atoms with Crippen LogP contribution in [0.1, 0.15) is 11.1 Å². The second-order valence-corrected chi connectivity index (χ2v) is 8.87. The Labute approximate surface area is 208 Å². The molecule has 1 spiro atoms. The Balaban J connectivity index is 1.67. The molecule has 1 unspecified atom stereocenters. The number of aromatic hydroxyl groups is 1. The zero-order valence-electron chi connectivity index (χ0n) is 18.4. The molecular weight excluding hydrogens is 482 g/mol. The van der Waals surface area contributed by atoms with Gasteiger partial charge in [0, 0.05) is 23.5 Å². The van der Waals surface area contributed by atoms with Crippen LogP contribution in [0.15, 0.2) is 94.9 Å². The maximum Gasteiger partial charge on any atom is 0.301 e. The second-order valence-electron chi connectivity index (χ2n) is 7.68. The first kappa shape index (κ1) is 23.0. The monoisotopic (exact) mass is 499 g/mol. The van der Waals surface area contributed by atoms with Gasteiger partial charge in [0.2, 0.25) is 4.87 Å². The van der Waals surface area contributed by atoms with Gasteiger partial charge in [-0.05, 0) is 30.0 Å². The third-order valence-corrected chi connectivity index (χ3v) is 6.74. The van der Waals surface area contributed by atoms with Crippen molar-refractivity contribution in [1.29, 1.82) is 0 Å². The lowest BCUT2D eigenvalue weighted by atomic mass is 9.99. The number of Topliss-reactive ketones (excluding diaryl/α,β-unsaturated/α-hetero) is 1. The van der Waals surface area contributed by atoms with Gasteiger partial charge in [-0.15, -0.1) is 5.10 Å². The molecule has 3 N–H and O–H groups in total. The Morgan fingerprint density at radius 3 is 2.50 bits per heavy atom. The molecule has 178 valence electrons. The van der Waals surface area contributed by atoms with Crippen LogP contribution in [0.25, 0.3) is 5.76 Å². The minimum atomic E-state index is -2.07. The largest absolute Gasteiger partial charge is 0.507 e. The minimum Gasteiger partial charge on any atom is -0.507 e. The molecule has 0 bridgehead atoms. The van der Waals surface area contributed by atoms with E-state index >= 15 is 0 Å². The van der Waals surface area contributed by atoms with Crippen molar-refractivity contribution < 1.29 is 24.6 Å². The zero-order valence-corrected chi connectivity index (χ0v) is 19.2. The van der Waals surface area contributed by atoms with Crippen LogP contribution >= 0.6 is 11.8 Å². The van der Waals surface area contributed by atoms with E-state index < -0.39 is 33.8 Å². The number of phenolic OH excluding ortho intramolecular Hbond substituents is 1. The van der Waals surface area contributed by atoms with E-state index in [0.717, 1.165) is 16.7 Å². The summed E-state index contributed by atoms with van der Waals surface area (Å²) in [5.41, 5.74) is 0.385. The number of amides is 2. The van der Waals surface area contributed by atoms with Gasteiger partial charge >= 0.3 is 5.91 Å². The smallest absolute Gasteiger partial charge is 0.301 e. The van der Waals surface area contributed by atoms with Gasteiger partial charge in [0.15, 0.2) is 5.17 Å². The number of pyridine rings is 1. The summed E-state index contributed by atoms with van der Waals surface area (Å²) < 4.78 is 0. The fourth-order valence-corrected chi connectivity index (χ4v) is 5.13. The lowest BCUT2D eigenvalue weighted by Crippen LogP contribution is -2.50. The first-order chi connectivity index (χ1) is 17.4. The number of amidine groups is 1. The highest BCUT2D eigenvalue weighted by Crippen LogP contribution is 2.51. The van der Waals surface area contributed by atoms with Gasteiger partial charge in [0.05, 0.1) is 17.5 Å². The van der Waals surface area contributed by atoms with Crippen LogP contribution in [0.2, 0.25) is 0 Å².